The highest BCUT2D eigenvalue weighted by atomic mass is 79.9. The minimum absolute atomic E-state index is 0.455. The Bertz CT molecular complexity index is 564. The summed E-state index contributed by atoms with van der Waals surface area (Å²) in [5.74, 6) is 1.76. The number of halogens is 1. The Hall–Kier alpha value is -1.32. The molecule has 106 valence electrons. The lowest BCUT2D eigenvalue weighted by atomic mass is 10.1. The zero-order valence-corrected chi connectivity index (χ0v) is 13.7. The summed E-state index contributed by atoms with van der Waals surface area (Å²) in [6, 6.07) is 14.6. The molecule has 2 aromatic rings. The smallest absolute Gasteiger partial charge is 0.131 e. The van der Waals surface area contributed by atoms with Gasteiger partial charge in [0.15, 0.2) is 0 Å². The van der Waals surface area contributed by atoms with Crippen molar-refractivity contribution in [2.45, 2.75) is 33.4 Å². The minimum atomic E-state index is 0.455. The molecule has 0 atom stereocenters. The third kappa shape index (κ3) is 4.36. The van der Waals surface area contributed by atoms with Gasteiger partial charge in [-0.1, -0.05) is 47.5 Å². The molecule has 0 aliphatic heterocycles. The summed E-state index contributed by atoms with van der Waals surface area (Å²) in [5.41, 5.74) is 2.43. The van der Waals surface area contributed by atoms with Gasteiger partial charge >= 0.3 is 0 Å². The van der Waals surface area contributed by atoms with Gasteiger partial charge in [0.2, 0.25) is 0 Å². The molecule has 0 fully saturated rings. The van der Waals surface area contributed by atoms with Gasteiger partial charge in [-0.3, -0.25) is 0 Å². The molecular formula is C17H20BrNO. The molecule has 3 heteroatoms. The van der Waals surface area contributed by atoms with Crippen LogP contribution < -0.4 is 10.1 Å². The van der Waals surface area contributed by atoms with Gasteiger partial charge in [0, 0.05) is 22.6 Å². The predicted molar refractivity (Wildman–Crippen MR) is 87.4 cm³/mol. The van der Waals surface area contributed by atoms with Gasteiger partial charge in [0.05, 0.1) is 0 Å². The van der Waals surface area contributed by atoms with Crippen molar-refractivity contribution < 1.29 is 4.74 Å². The predicted octanol–water partition coefficient (Wildman–Crippen LogP) is 5.05. The number of hydrogen-bond donors (Lipinski definition) is 1. The third-order valence-electron chi connectivity index (χ3n) is 2.96. The summed E-state index contributed by atoms with van der Waals surface area (Å²) >= 11 is 3.43. The Balaban J connectivity index is 2.19. The van der Waals surface area contributed by atoms with E-state index in [9.17, 15) is 0 Å². The maximum absolute atomic E-state index is 5.99. The molecule has 0 spiro atoms. The Labute approximate surface area is 129 Å². The van der Waals surface area contributed by atoms with Crippen LogP contribution in [-0.4, -0.2) is 6.04 Å². The van der Waals surface area contributed by atoms with Crippen molar-refractivity contribution in [3.63, 3.8) is 0 Å². The Morgan fingerprint density at radius 3 is 2.45 bits per heavy atom. The van der Waals surface area contributed by atoms with E-state index < -0.39 is 0 Å². The van der Waals surface area contributed by atoms with Crippen molar-refractivity contribution in [1.29, 1.82) is 0 Å². The zero-order valence-electron chi connectivity index (χ0n) is 12.1. The van der Waals surface area contributed by atoms with E-state index in [2.05, 4.69) is 54.2 Å². The third-order valence-corrected chi connectivity index (χ3v) is 3.49. The van der Waals surface area contributed by atoms with E-state index in [1.165, 1.54) is 11.1 Å². The summed E-state index contributed by atoms with van der Waals surface area (Å²) < 4.78 is 7.04. The Morgan fingerprint density at radius 2 is 1.80 bits per heavy atom. The van der Waals surface area contributed by atoms with E-state index in [4.69, 9.17) is 4.74 Å². The second-order valence-corrected chi connectivity index (χ2v) is 6.12. The van der Waals surface area contributed by atoms with E-state index >= 15 is 0 Å². The molecule has 0 unspecified atom stereocenters. The van der Waals surface area contributed by atoms with Crippen molar-refractivity contribution in [2.24, 2.45) is 0 Å². The van der Waals surface area contributed by atoms with Crippen LogP contribution in [0.15, 0.2) is 46.9 Å². The van der Waals surface area contributed by atoms with Crippen LogP contribution in [0.4, 0.5) is 0 Å². The van der Waals surface area contributed by atoms with Gasteiger partial charge in [-0.05, 0) is 37.3 Å². The van der Waals surface area contributed by atoms with Crippen LogP contribution in [-0.2, 0) is 6.54 Å². The van der Waals surface area contributed by atoms with Crippen molar-refractivity contribution in [2.75, 3.05) is 0 Å². The largest absolute Gasteiger partial charge is 0.457 e. The van der Waals surface area contributed by atoms with Gasteiger partial charge in [-0.15, -0.1) is 0 Å². The maximum atomic E-state index is 5.99. The summed E-state index contributed by atoms with van der Waals surface area (Å²) in [4.78, 5) is 0. The lowest BCUT2D eigenvalue weighted by Crippen LogP contribution is -2.22. The van der Waals surface area contributed by atoms with Crippen LogP contribution in [0.2, 0.25) is 0 Å². The number of hydrogen-bond acceptors (Lipinski definition) is 2. The highest BCUT2D eigenvalue weighted by molar-refractivity contribution is 9.10. The molecule has 0 bridgehead atoms. The lowest BCUT2D eigenvalue weighted by Gasteiger charge is -2.14. The Morgan fingerprint density at radius 1 is 1.10 bits per heavy atom. The maximum Gasteiger partial charge on any atom is 0.131 e. The molecule has 2 rings (SSSR count). The first-order valence-corrected chi connectivity index (χ1v) is 7.60. The molecular weight excluding hydrogens is 314 g/mol. The number of nitrogens with one attached hydrogen (secondary N) is 1. The SMILES string of the molecule is Cc1ccc(Oc2ccc(Br)cc2)c(CNC(C)C)c1. The van der Waals surface area contributed by atoms with E-state index in [0.29, 0.717) is 6.04 Å². The van der Waals surface area contributed by atoms with Crippen LogP contribution in [0.1, 0.15) is 25.0 Å². The highest BCUT2D eigenvalue weighted by Crippen LogP contribution is 2.27. The molecule has 0 saturated heterocycles. The topological polar surface area (TPSA) is 21.3 Å². The molecule has 2 nitrogen and oxygen atoms in total. The van der Waals surface area contributed by atoms with Gasteiger partial charge in [-0.2, -0.15) is 0 Å². The molecule has 0 amide bonds. The Kier molecular flexibility index (Phi) is 5.21. The first-order chi connectivity index (χ1) is 9.54. The minimum Gasteiger partial charge on any atom is -0.457 e. The van der Waals surface area contributed by atoms with E-state index in [0.717, 1.165) is 22.5 Å². The normalized spacial score (nSPS) is 10.8. The van der Waals surface area contributed by atoms with Crippen LogP contribution in [0.5, 0.6) is 11.5 Å². The van der Waals surface area contributed by atoms with Crippen LogP contribution in [0.25, 0.3) is 0 Å². The average molecular weight is 334 g/mol. The molecule has 2 aromatic carbocycles. The molecule has 0 radical (unpaired) electrons. The number of rotatable bonds is 5. The standard InChI is InChI=1S/C17H20BrNO/c1-12(2)19-11-14-10-13(3)4-9-17(14)20-16-7-5-15(18)6-8-16/h4-10,12,19H,11H2,1-3H3. The van der Waals surface area contributed by atoms with Crippen molar-refractivity contribution in [3.05, 3.63) is 58.1 Å². The number of ether oxygens (including phenoxy) is 1. The molecule has 0 aliphatic rings. The molecule has 0 heterocycles. The molecule has 0 saturated carbocycles. The van der Waals surface area contributed by atoms with Crippen LogP contribution in [0, 0.1) is 6.92 Å². The van der Waals surface area contributed by atoms with Crippen LogP contribution in [0.3, 0.4) is 0 Å². The number of aryl methyl sites for hydroxylation is 1. The second kappa shape index (κ2) is 6.91. The summed E-state index contributed by atoms with van der Waals surface area (Å²) in [6.07, 6.45) is 0. The van der Waals surface area contributed by atoms with Gasteiger partial charge in [0.25, 0.3) is 0 Å². The molecule has 1 N–H and O–H groups in total. The lowest BCUT2D eigenvalue weighted by molar-refractivity contribution is 0.469. The average Bonchev–Trinajstić information content (AvgIpc) is 2.41. The van der Waals surface area contributed by atoms with Gasteiger partial charge in [-0.25, -0.2) is 0 Å². The molecule has 20 heavy (non-hydrogen) atoms. The summed E-state index contributed by atoms with van der Waals surface area (Å²) in [7, 11) is 0. The first kappa shape index (κ1) is 15.1. The van der Waals surface area contributed by atoms with Crippen molar-refractivity contribution in [3.8, 4) is 11.5 Å². The van der Waals surface area contributed by atoms with Gasteiger partial charge < -0.3 is 10.1 Å². The molecule has 0 aromatic heterocycles. The van der Waals surface area contributed by atoms with E-state index in [-0.39, 0.29) is 0 Å². The fourth-order valence-electron chi connectivity index (χ4n) is 1.89. The fraction of sp³-hybridized carbons (Fsp3) is 0.294. The molecule has 0 aliphatic carbocycles. The highest BCUT2D eigenvalue weighted by Gasteiger charge is 2.06. The number of benzene rings is 2. The first-order valence-electron chi connectivity index (χ1n) is 6.81. The van der Waals surface area contributed by atoms with Gasteiger partial charge in [0.1, 0.15) is 11.5 Å². The van der Waals surface area contributed by atoms with Crippen molar-refractivity contribution >= 4 is 15.9 Å². The van der Waals surface area contributed by atoms with Crippen LogP contribution >= 0.6 is 15.9 Å². The summed E-state index contributed by atoms with van der Waals surface area (Å²) in [6.45, 7) is 7.20. The van der Waals surface area contributed by atoms with E-state index in [1.807, 2.05) is 30.3 Å². The quantitative estimate of drug-likeness (QED) is 0.826. The second-order valence-electron chi connectivity index (χ2n) is 5.20. The zero-order chi connectivity index (χ0) is 14.5. The summed E-state index contributed by atoms with van der Waals surface area (Å²) in [5, 5.41) is 3.44. The monoisotopic (exact) mass is 333 g/mol. The van der Waals surface area contributed by atoms with Crippen molar-refractivity contribution in [1.82, 2.24) is 5.32 Å². The van der Waals surface area contributed by atoms with E-state index in [1.54, 1.807) is 0 Å². The fourth-order valence-corrected chi connectivity index (χ4v) is 2.15.